The normalized spacial score (nSPS) is 11.4. The summed E-state index contributed by atoms with van der Waals surface area (Å²) in [5, 5.41) is 3.00. The Bertz CT molecular complexity index is 690. The van der Waals surface area contributed by atoms with Crippen LogP contribution >= 0.6 is 12.4 Å². The third-order valence-electron chi connectivity index (χ3n) is 4.00. The second-order valence-electron chi connectivity index (χ2n) is 5.89. The molecule has 0 heterocycles. The van der Waals surface area contributed by atoms with Crippen molar-refractivity contribution in [3.8, 4) is 11.5 Å². The van der Waals surface area contributed by atoms with E-state index in [1.165, 1.54) is 0 Å². The molecule has 0 aliphatic rings. The maximum absolute atomic E-state index is 12.4. The number of hydrogen-bond donors (Lipinski definition) is 1. The van der Waals surface area contributed by atoms with Gasteiger partial charge in [-0.25, -0.2) is 0 Å². The fourth-order valence-corrected chi connectivity index (χ4v) is 2.67. The van der Waals surface area contributed by atoms with Gasteiger partial charge in [0.05, 0.1) is 19.8 Å². The van der Waals surface area contributed by atoms with E-state index < -0.39 is 0 Å². The maximum Gasteiger partial charge on any atom is 0.251 e. The third-order valence-corrected chi connectivity index (χ3v) is 4.00. The van der Waals surface area contributed by atoms with E-state index >= 15 is 0 Å². The molecule has 0 saturated carbocycles. The Labute approximate surface area is 161 Å². The van der Waals surface area contributed by atoms with Gasteiger partial charge in [0.2, 0.25) is 0 Å². The molecule has 0 fully saturated rings. The van der Waals surface area contributed by atoms with Crippen molar-refractivity contribution < 1.29 is 14.3 Å². The number of rotatable bonds is 8. The SMILES string of the molecule is CCOc1ccc(C(=O)NCC(c2ccccc2OC)N(C)C)cc1.Cl. The summed E-state index contributed by atoms with van der Waals surface area (Å²) in [5.74, 6) is 1.47. The summed E-state index contributed by atoms with van der Waals surface area (Å²) in [6, 6.07) is 15.0. The molecule has 142 valence electrons. The average Bonchev–Trinajstić information content (AvgIpc) is 2.62. The van der Waals surface area contributed by atoms with Crippen molar-refractivity contribution in [1.29, 1.82) is 0 Å². The lowest BCUT2D eigenvalue weighted by Gasteiger charge is -2.26. The minimum absolute atomic E-state index is 0. The Kier molecular flexibility index (Phi) is 8.96. The number of para-hydroxylation sites is 1. The van der Waals surface area contributed by atoms with Crippen molar-refractivity contribution in [3.63, 3.8) is 0 Å². The first kappa shape index (κ1) is 21.8. The van der Waals surface area contributed by atoms with Gasteiger partial charge in [0, 0.05) is 17.7 Å². The van der Waals surface area contributed by atoms with E-state index in [1.807, 2.05) is 57.4 Å². The van der Waals surface area contributed by atoms with Gasteiger partial charge in [0.25, 0.3) is 5.91 Å². The monoisotopic (exact) mass is 378 g/mol. The molecule has 0 aliphatic carbocycles. The predicted molar refractivity (Wildman–Crippen MR) is 107 cm³/mol. The minimum atomic E-state index is -0.107. The smallest absolute Gasteiger partial charge is 0.251 e. The fourth-order valence-electron chi connectivity index (χ4n) is 2.67. The molecule has 2 aromatic rings. The third kappa shape index (κ3) is 5.64. The molecule has 0 aliphatic heterocycles. The van der Waals surface area contributed by atoms with Crippen LogP contribution in [0.5, 0.6) is 11.5 Å². The van der Waals surface area contributed by atoms with Crippen LogP contribution in [-0.2, 0) is 0 Å². The second-order valence-corrected chi connectivity index (χ2v) is 5.89. The molecule has 1 N–H and O–H groups in total. The lowest BCUT2D eigenvalue weighted by atomic mass is 10.0. The first-order chi connectivity index (χ1) is 12.1. The Morgan fingerprint density at radius 3 is 2.35 bits per heavy atom. The quantitative estimate of drug-likeness (QED) is 0.763. The van der Waals surface area contributed by atoms with Gasteiger partial charge in [-0.3, -0.25) is 4.79 Å². The molecule has 2 rings (SSSR count). The molecule has 5 nitrogen and oxygen atoms in total. The molecular weight excluding hydrogens is 352 g/mol. The van der Waals surface area contributed by atoms with Crippen LogP contribution in [0.3, 0.4) is 0 Å². The number of amides is 1. The zero-order valence-electron chi connectivity index (χ0n) is 15.7. The first-order valence-corrected chi connectivity index (χ1v) is 8.37. The average molecular weight is 379 g/mol. The van der Waals surface area contributed by atoms with Crippen LogP contribution in [0.4, 0.5) is 0 Å². The van der Waals surface area contributed by atoms with Crippen molar-refractivity contribution in [3.05, 3.63) is 59.7 Å². The molecule has 0 radical (unpaired) electrons. The topological polar surface area (TPSA) is 50.8 Å². The van der Waals surface area contributed by atoms with E-state index in [0.29, 0.717) is 18.7 Å². The highest BCUT2D eigenvalue weighted by atomic mass is 35.5. The molecule has 26 heavy (non-hydrogen) atoms. The minimum Gasteiger partial charge on any atom is -0.496 e. The van der Waals surface area contributed by atoms with Gasteiger partial charge >= 0.3 is 0 Å². The zero-order chi connectivity index (χ0) is 18.2. The molecule has 1 amide bonds. The van der Waals surface area contributed by atoms with Crippen molar-refractivity contribution in [2.75, 3.05) is 34.4 Å². The first-order valence-electron chi connectivity index (χ1n) is 8.37. The Hall–Kier alpha value is -2.24. The molecule has 2 aromatic carbocycles. The van der Waals surface area contributed by atoms with Crippen molar-refractivity contribution in [2.24, 2.45) is 0 Å². The van der Waals surface area contributed by atoms with Gasteiger partial charge < -0.3 is 19.7 Å². The van der Waals surface area contributed by atoms with Crippen LogP contribution in [0.2, 0.25) is 0 Å². The summed E-state index contributed by atoms with van der Waals surface area (Å²) in [5.41, 5.74) is 1.66. The molecule has 0 aromatic heterocycles. The molecular formula is C20H27ClN2O3. The number of halogens is 1. The Morgan fingerprint density at radius 1 is 1.12 bits per heavy atom. The summed E-state index contributed by atoms with van der Waals surface area (Å²) in [7, 11) is 5.63. The van der Waals surface area contributed by atoms with Gasteiger partial charge in [-0.05, 0) is 51.4 Å². The summed E-state index contributed by atoms with van der Waals surface area (Å²) >= 11 is 0. The summed E-state index contributed by atoms with van der Waals surface area (Å²) in [6.45, 7) is 3.02. The summed E-state index contributed by atoms with van der Waals surface area (Å²) < 4.78 is 10.9. The van der Waals surface area contributed by atoms with Crippen LogP contribution in [0.25, 0.3) is 0 Å². The Morgan fingerprint density at radius 2 is 1.77 bits per heavy atom. The summed E-state index contributed by atoms with van der Waals surface area (Å²) in [6.07, 6.45) is 0. The standard InChI is InChI=1S/C20H26N2O3.ClH/c1-5-25-16-12-10-15(11-13-16)20(23)21-14-18(22(2)3)17-8-6-7-9-19(17)24-4;/h6-13,18H,5,14H2,1-4H3,(H,21,23);1H. The number of nitrogens with zero attached hydrogens (tertiary/aromatic N) is 1. The van der Waals surface area contributed by atoms with Crippen molar-refractivity contribution in [2.45, 2.75) is 13.0 Å². The largest absolute Gasteiger partial charge is 0.496 e. The maximum atomic E-state index is 12.4. The number of carbonyl (C=O) groups excluding carboxylic acids is 1. The number of methoxy groups -OCH3 is 1. The van der Waals surface area contributed by atoms with Gasteiger partial charge in [0.15, 0.2) is 0 Å². The second kappa shape index (κ2) is 10.7. The lowest BCUT2D eigenvalue weighted by Crippen LogP contribution is -2.34. The molecule has 1 atom stereocenters. The Balaban J connectivity index is 0.00000338. The van der Waals surface area contributed by atoms with Crippen LogP contribution < -0.4 is 14.8 Å². The van der Waals surface area contributed by atoms with Crippen LogP contribution in [0.1, 0.15) is 28.9 Å². The highest BCUT2D eigenvalue weighted by Gasteiger charge is 2.19. The van der Waals surface area contributed by atoms with E-state index in [9.17, 15) is 4.79 Å². The molecule has 1 unspecified atom stereocenters. The van der Waals surface area contributed by atoms with Crippen LogP contribution in [0, 0.1) is 0 Å². The van der Waals surface area contributed by atoms with E-state index in [4.69, 9.17) is 9.47 Å². The number of hydrogen-bond acceptors (Lipinski definition) is 4. The number of likely N-dealkylation sites (N-methyl/N-ethyl adjacent to an activating group) is 1. The van der Waals surface area contributed by atoms with E-state index in [1.54, 1.807) is 19.2 Å². The van der Waals surface area contributed by atoms with Crippen LogP contribution in [-0.4, -0.2) is 45.2 Å². The zero-order valence-corrected chi connectivity index (χ0v) is 16.5. The highest BCUT2D eigenvalue weighted by Crippen LogP contribution is 2.27. The van der Waals surface area contributed by atoms with Gasteiger partial charge in [-0.1, -0.05) is 18.2 Å². The molecule has 0 spiro atoms. The number of benzene rings is 2. The fraction of sp³-hybridized carbons (Fsp3) is 0.350. The molecule has 6 heteroatoms. The predicted octanol–water partition coefficient (Wildman–Crippen LogP) is 3.55. The number of ether oxygens (including phenoxy) is 2. The summed E-state index contributed by atoms with van der Waals surface area (Å²) in [4.78, 5) is 14.5. The highest BCUT2D eigenvalue weighted by molar-refractivity contribution is 5.94. The van der Waals surface area contributed by atoms with Crippen molar-refractivity contribution >= 4 is 18.3 Å². The van der Waals surface area contributed by atoms with Crippen molar-refractivity contribution in [1.82, 2.24) is 10.2 Å². The van der Waals surface area contributed by atoms with E-state index in [-0.39, 0.29) is 24.4 Å². The van der Waals surface area contributed by atoms with Crippen LogP contribution in [0.15, 0.2) is 48.5 Å². The van der Waals surface area contributed by atoms with E-state index in [0.717, 1.165) is 17.1 Å². The van der Waals surface area contributed by atoms with Gasteiger partial charge in [-0.2, -0.15) is 0 Å². The van der Waals surface area contributed by atoms with Gasteiger partial charge in [-0.15, -0.1) is 12.4 Å². The molecule has 0 bridgehead atoms. The molecule has 0 saturated heterocycles. The lowest BCUT2D eigenvalue weighted by molar-refractivity contribution is 0.0941. The van der Waals surface area contributed by atoms with Gasteiger partial charge in [0.1, 0.15) is 11.5 Å². The van der Waals surface area contributed by atoms with E-state index in [2.05, 4.69) is 10.2 Å². The number of carbonyl (C=O) groups is 1. The number of nitrogens with one attached hydrogen (secondary N) is 1.